The number of hydrogen-bond donors (Lipinski definition) is 2. The van der Waals surface area contributed by atoms with E-state index in [2.05, 4.69) is 0 Å². The van der Waals surface area contributed by atoms with E-state index in [1.165, 1.54) is 6.07 Å². The van der Waals surface area contributed by atoms with Crippen molar-refractivity contribution in [3.63, 3.8) is 0 Å². The molecule has 3 heteroatoms. The monoisotopic (exact) mass is 164 g/mol. The molecule has 0 saturated heterocycles. The summed E-state index contributed by atoms with van der Waals surface area (Å²) in [6.07, 6.45) is 1.55. The minimum absolute atomic E-state index is 0.112. The van der Waals surface area contributed by atoms with Gasteiger partial charge in [0.15, 0.2) is 11.5 Å². The van der Waals surface area contributed by atoms with Gasteiger partial charge in [-0.15, -0.1) is 0 Å². The summed E-state index contributed by atoms with van der Waals surface area (Å²) < 4.78 is 5.11. The van der Waals surface area contributed by atoms with E-state index in [0.717, 1.165) is 5.56 Å². The fourth-order valence-electron chi connectivity index (χ4n) is 1.25. The molecule has 2 rings (SSSR count). The lowest BCUT2D eigenvalue weighted by molar-refractivity contribution is 0.408. The summed E-state index contributed by atoms with van der Waals surface area (Å²) in [6, 6.07) is 3.03. The molecular formula is C9H8O3. The molecule has 0 saturated carbocycles. The summed E-state index contributed by atoms with van der Waals surface area (Å²) in [5, 5.41) is 19.2. The van der Waals surface area contributed by atoms with Crippen LogP contribution in [0.4, 0.5) is 0 Å². The standard InChI is InChI=1S/C9H8O3/c1-5-4-12-7-3-2-6(10)9(11)8(5)7/h2-4,10-11H,1H3. The Labute approximate surface area is 68.9 Å². The van der Waals surface area contributed by atoms with Crippen LogP contribution in [0, 0.1) is 6.92 Å². The molecular weight excluding hydrogens is 156 g/mol. The highest BCUT2D eigenvalue weighted by Crippen LogP contribution is 2.36. The molecule has 1 aromatic heterocycles. The predicted octanol–water partition coefficient (Wildman–Crippen LogP) is 2.15. The van der Waals surface area contributed by atoms with E-state index in [1.54, 1.807) is 12.3 Å². The van der Waals surface area contributed by atoms with Gasteiger partial charge in [0.25, 0.3) is 0 Å². The third kappa shape index (κ3) is 0.763. The Hall–Kier alpha value is -1.64. The van der Waals surface area contributed by atoms with E-state index in [1.807, 2.05) is 6.92 Å². The van der Waals surface area contributed by atoms with Crippen molar-refractivity contribution in [2.24, 2.45) is 0 Å². The Morgan fingerprint density at radius 3 is 2.75 bits per heavy atom. The van der Waals surface area contributed by atoms with Gasteiger partial charge in [0.05, 0.1) is 11.6 Å². The summed E-state index contributed by atoms with van der Waals surface area (Å²) in [6.45, 7) is 1.81. The second-order valence-electron chi connectivity index (χ2n) is 2.73. The molecule has 0 aliphatic heterocycles. The first-order chi connectivity index (χ1) is 5.70. The minimum Gasteiger partial charge on any atom is -0.504 e. The number of hydrogen-bond acceptors (Lipinski definition) is 3. The summed E-state index contributed by atoms with van der Waals surface area (Å²) in [5.74, 6) is -0.231. The summed E-state index contributed by atoms with van der Waals surface area (Å²) >= 11 is 0. The number of phenols is 2. The summed E-state index contributed by atoms with van der Waals surface area (Å²) in [4.78, 5) is 0. The molecule has 0 aliphatic carbocycles. The van der Waals surface area contributed by atoms with Crippen molar-refractivity contribution < 1.29 is 14.6 Å². The van der Waals surface area contributed by atoms with Gasteiger partial charge >= 0.3 is 0 Å². The van der Waals surface area contributed by atoms with E-state index in [4.69, 9.17) is 9.52 Å². The van der Waals surface area contributed by atoms with E-state index in [-0.39, 0.29) is 11.5 Å². The molecule has 2 N–H and O–H groups in total. The zero-order valence-corrected chi connectivity index (χ0v) is 6.53. The number of benzene rings is 1. The molecule has 0 aliphatic rings. The molecule has 12 heavy (non-hydrogen) atoms. The smallest absolute Gasteiger partial charge is 0.169 e. The van der Waals surface area contributed by atoms with E-state index >= 15 is 0 Å². The van der Waals surface area contributed by atoms with Crippen molar-refractivity contribution in [3.05, 3.63) is 24.0 Å². The lowest BCUT2D eigenvalue weighted by Gasteiger charge is -1.97. The van der Waals surface area contributed by atoms with Gasteiger partial charge in [0, 0.05) is 0 Å². The van der Waals surface area contributed by atoms with E-state index in [9.17, 15) is 5.11 Å². The number of aryl methyl sites for hydroxylation is 1. The minimum atomic E-state index is -0.119. The van der Waals surface area contributed by atoms with Gasteiger partial charge in [-0.1, -0.05) is 0 Å². The third-order valence-electron chi connectivity index (χ3n) is 1.88. The van der Waals surface area contributed by atoms with Crippen molar-refractivity contribution in [2.45, 2.75) is 6.92 Å². The fourth-order valence-corrected chi connectivity index (χ4v) is 1.25. The normalized spacial score (nSPS) is 10.8. The fraction of sp³-hybridized carbons (Fsp3) is 0.111. The Bertz CT molecular complexity index is 429. The van der Waals surface area contributed by atoms with Crippen LogP contribution in [-0.2, 0) is 0 Å². The topological polar surface area (TPSA) is 53.6 Å². The number of phenolic OH excluding ortho intramolecular Hbond substituents is 2. The average Bonchev–Trinajstić information content (AvgIpc) is 2.41. The lowest BCUT2D eigenvalue weighted by Crippen LogP contribution is -1.72. The van der Waals surface area contributed by atoms with E-state index in [0.29, 0.717) is 11.0 Å². The van der Waals surface area contributed by atoms with E-state index < -0.39 is 0 Å². The third-order valence-corrected chi connectivity index (χ3v) is 1.88. The van der Waals surface area contributed by atoms with Crippen molar-refractivity contribution in [1.29, 1.82) is 0 Å². The van der Waals surface area contributed by atoms with Gasteiger partial charge in [-0.2, -0.15) is 0 Å². The number of aromatic hydroxyl groups is 2. The Morgan fingerprint density at radius 1 is 1.25 bits per heavy atom. The Balaban J connectivity index is 2.96. The van der Waals surface area contributed by atoms with Crippen LogP contribution in [0.15, 0.2) is 22.8 Å². The molecule has 0 amide bonds. The molecule has 1 heterocycles. The first-order valence-electron chi connectivity index (χ1n) is 3.59. The molecule has 62 valence electrons. The number of furan rings is 1. The van der Waals surface area contributed by atoms with Crippen LogP contribution in [0.1, 0.15) is 5.56 Å². The number of fused-ring (bicyclic) bond motifs is 1. The van der Waals surface area contributed by atoms with Crippen LogP contribution in [-0.4, -0.2) is 10.2 Å². The van der Waals surface area contributed by atoms with Gasteiger partial charge in [-0.05, 0) is 24.6 Å². The molecule has 0 atom stereocenters. The van der Waals surface area contributed by atoms with Gasteiger partial charge in [0.1, 0.15) is 5.58 Å². The highest BCUT2D eigenvalue weighted by atomic mass is 16.3. The maximum absolute atomic E-state index is 9.42. The highest BCUT2D eigenvalue weighted by Gasteiger charge is 2.09. The summed E-state index contributed by atoms with van der Waals surface area (Å²) in [7, 11) is 0. The largest absolute Gasteiger partial charge is 0.504 e. The van der Waals surface area contributed by atoms with Gasteiger partial charge in [-0.3, -0.25) is 0 Å². The van der Waals surface area contributed by atoms with Crippen molar-refractivity contribution in [2.75, 3.05) is 0 Å². The SMILES string of the molecule is Cc1coc2ccc(O)c(O)c12. The van der Waals surface area contributed by atoms with Crippen LogP contribution < -0.4 is 0 Å². The second kappa shape index (κ2) is 2.17. The summed E-state index contributed by atoms with van der Waals surface area (Å²) in [5.41, 5.74) is 1.40. The van der Waals surface area contributed by atoms with Gasteiger partial charge < -0.3 is 14.6 Å². The second-order valence-corrected chi connectivity index (χ2v) is 2.73. The van der Waals surface area contributed by atoms with Crippen molar-refractivity contribution in [3.8, 4) is 11.5 Å². The first-order valence-corrected chi connectivity index (χ1v) is 3.59. The molecule has 0 bridgehead atoms. The van der Waals surface area contributed by atoms with Gasteiger partial charge in [-0.25, -0.2) is 0 Å². The molecule has 0 fully saturated rings. The van der Waals surface area contributed by atoms with Gasteiger partial charge in [0.2, 0.25) is 0 Å². The predicted molar refractivity (Wildman–Crippen MR) is 44.3 cm³/mol. The molecule has 2 aromatic rings. The van der Waals surface area contributed by atoms with Crippen LogP contribution in [0.2, 0.25) is 0 Å². The Morgan fingerprint density at radius 2 is 2.00 bits per heavy atom. The first kappa shape index (κ1) is 7.03. The Kier molecular flexibility index (Phi) is 1.27. The molecule has 3 nitrogen and oxygen atoms in total. The lowest BCUT2D eigenvalue weighted by atomic mass is 10.1. The highest BCUT2D eigenvalue weighted by molar-refractivity contribution is 5.89. The quantitative estimate of drug-likeness (QED) is 0.586. The van der Waals surface area contributed by atoms with Crippen LogP contribution in [0.3, 0.4) is 0 Å². The molecule has 0 spiro atoms. The maximum atomic E-state index is 9.42. The van der Waals surface area contributed by atoms with Crippen LogP contribution in [0.25, 0.3) is 11.0 Å². The van der Waals surface area contributed by atoms with Crippen molar-refractivity contribution in [1.82, 2.24) is 0 Å². The average molecular weight is 164 g/mol. The molecule has 1 aromatic carbocycles. The number of rotatable bonds is 0. The van der Waals surface area contributed by atoms with Crippen LogP contribution in [0.5, 0.6) is 11.5 Å². The zero-order valence-electron chi connectivity index (χ0n) is 6.53. The molecule has 0 unspecified atom stereocenters. The van der Waals surface area contributed by atoms with Crippen molar-refractivity contribution >= 4 is 11.0 Å². The zero-order chi connectivity index (χ0) is 8.72. The molecule has 0 radical (unpaired) electrons. The maximum Gasteiger partial charge on any atom is 0.169 e. The van der Waals surface area contributed by atoms with Crippen LogP contribution >= 0.6 is 0 Å².